The highest BCUT2D eigenvalue weighted by Gasteiger charge is 2.07. The minimum absolute atomic E-state index is 0.0120. The zero-order valence-electron chi connectivity index (χ0n) is 12.5. The molecule has 5 nitrogen and oxygen atoms in total. The maximum absolute atomic E-state index is 11.5. The highest BCUT2D eigenvalue weighted by Crippen LogP contribution is 2.14. The molecule has 2 amide bonds. The number of carbonyl (C=O) groups is 2. The average molecular weight is 277 g/mol. The standard InChI is InChI=1S/C15H23N3O2/c1-10(2)15(20)18-13-7-5-12(6-8-13)16-9-14(19)17-11(3)4/h5-8,10-11,16H,9H2,1-4H3,(H,17,19)(H,18,20). The average Bonchev–Trinajstić information content (AvgIpc) is 2.37. The number of hydrogen-bond acceptors (Lipinski definition) is 3. The van der Waals surface area contributed by atoms with Crippen molar-refractivity contribution in [3.63, 3.8) is 0 Å². The van der Waals surface area contributed by atoms with E-state index in [1.54, 1.807) is 0 Å². The first-order chi connectivity index (χ1) is 9.38. The largest absolute Gasteiger partial charge is 0.376 e. The molecule has 0 radical (unpaired) electrons. The van der Waals surface area contributed by atoms with Gasteiger partial charge in [0.1, 0.15) is 0 Å². The van der Waals surface area contributed by atoms with Gasteiger partial charge in [0.2, 0.25) is 11.8 Å². The molecule has 110 valence electrons. The van der Waals surface area contributed by atoms with Crippen LogP contribution in [0.5, 0.6) is 0 Å². The molecule has 20 heavy (non-hydrogen) atoms. The van der Waals surface area contributed by atoms with Crippen molar-refractivity contribution in [1.82, 2.24) is 5.32 Å². The molecular formula is C15H23N3O2. The van der Waals surface area contributed by atoms with Gasteiger partial charge in [0.05, 0.1) is 6.54 Å². The lowest BCUT2D eigenvalue weighted by Gasteiger charge is -2.11. The van der Waals surface area contributed by atoms with Crippen molar-refractivity contribution >= 4 is 23.2 Å². The van der Waals surface area contributed by atoms with Gasteiger partial charge >= 0.3 is 0 Å². The molecule has 0 aliphatic rings. The van der Waals surface area contributed by atoms with Crippen molar-refractivity contribution in [1.29, 1.82) is 0 Å². The lowest BCUT2D eigenvalue weighted by Crippen LogP contribution is -2.34. The summed E-state index contributed by atoms with van der Waals surface area (Å²) >= 11 is 0. The topological polar surface area (TPSA) is 70.2 Å². The molecule has 0 aliphatic heterocycles. The first-order valence-electron chi connectivity index (χ1n) is 6.82. The predicted octanol–water partition coefficient (Wildman–Crippen LogP) is 2.22. The minimum atomic E-state index is -0.0486. The molecule has 0 fully saturated rings. The summed E-state index contributed by atoms with van der Waals surface area (Å²) in [6, 6.07) is 7.42. The lowest BCUT2D eigenvalue weighted by molar-refractivity contribution is -0.120. The van der Waals surface area contributed by atoms with E-state index in [2.05, 4.69) is 16.0 Å². The Bertz CT molecular complexity index is 453. The minimum Gasteiger partial charge on any atom is -0.376 e. The maximum atomic E-state index is 11.5. The second-order valence-electron chi connectivity index (χ2n) is 5.30. The van der Waals surface area contributed by atoms with Crippen molar-refractivity contribution < 1.29 is 9.59 Å². The van der Waals surface area contributed by atoms with Gasteiger partial charge in [-0.05, 0) is 38.1 Å². The Morgan fingerprint density at radius 1 is 1.00 bits per heavy atom. The van der Waals surface area contributed by atoms with Crippen LogP contribution in [0.15, 0.2) is 24.3 Å². The summed E-state index contributed by atoms with van der Waals surface area (Å²) in [6.45, 7) is 7.77. The second kappa shape index (κ2) is 7.53. The number of anilines is 2. The smallest absolute Gasteiger partial charge is 0.239 e. The van der Waals surface area contributed by atoms with E-state index in [1.165, 1.54) is 0 Å². The quantitative estimate of drug-likeness (QED) is 0.746. The molecule has 5 heteroatoms. The van der Waals surface area contributed by atoms with E-state index < -0.39 is 0 Å². The lowest BCUT2D eigenvalue weighted by atomic mass is 10.2. The van der Waals surface area contributed by atoms with Crippen LogP contribution in [0.1, 0.15) is 27.7 Å². The van der Waals surface area contributed by atoms with E-state index in [0.717, 1.165) is 11.4 Å². The Morgan fingerprint density at radius 3 is 2.05 bits per heavy atom. The molecule has 1 rings (SSSR count). The third-order valence-corrected chi connectivity index (χ3v) is 2.58. The van der Waals surface area contributed by atoms with Crippen molar-refractivity contribution in [2.24, 2.45) is 5.92 Å². The van der Waals surface area contributed by atoms with Crippen molar-refractivity contribution in [3.8, 4) is 0 Å². The van der Waals surface area contributed by atoms with E-state index in [0.29, 0.717) is 0 Å². The van der Waals surface area contributed by atoms with E-state index in [9.17, 15) is 9.59 Å². The second-order valence-corrected chi connectivity index (χ2v) is 5.30. The van der Waals surface area contributed by atoms with Crippen LogP contribution in [0.4, 0.5) is 11.4 Å². The Morgan fingerprint density at radius 2 is 1.55 bits per heavy atom. The van der Waals surface area contributed by atoms with Crippen molar-refractivity contribution in [2.45, 2.75) is 33.7 Å². The Hall–Kier alpha value is -2.04. The molecular weight excluding hydrogens is 254 g/mol. The zero-order valence-corrected chi connectivity index (χ0v) is 12.5. The monoisotopic (exact) mass is 277 g/mol. The fourth-order valence-electron chi connectivity index (χ4n) is 1.51. The van der Waals surface area contributed by atoms with Gasteiger partial charge in [-0.2, -0.15) is 0 Å². The van der Waals surface area contributed by atoms with Gasteiger partial charge in [0.25, 0.3) is 0 Å². The number of rotatable bonds is 6. The zero-order chi connectivity index (χ0) is 15.1. The van der Waals surface area contributed by atoms with Crippen LogP contribution in [-0.4, -0.2) is 24.4 Å². The number of amides is 2. The van der Waals surface area contributed by atoms with Crippen LogP contribution >= 0.6 is 0 Å². The Balaban J connectivity index is 2.46. The van der Waals surface area contributed by atoms with E-state index in [1.807, 2.05) is 52.0 Å². The number of carbonyl (C=O) groups excluding carboxylic acids is 2. The van der Waals surface area contributed by atoms with Gasteiger partial charge in [-0.15, -0.1) is 0 Å². The summed E-state index contributed by atoms with van der Waals surface area (Å²) in [7, 11) is 0. The van der Waals surface area contributed by atoms with Gasteiger partial charge in [0, 0.05) is 23.3 Å². The van der Waals surface area contributed by atoms with Gasteiger partial charge in [0.15, 0.2) is 0 Å². The van der Waals surface area contributed by atoms with Crippen LogP contribution in [0.2, 0.25) is 0 Å². The summed E-state index contributed by atoms with van der Waals surface area (Å²) < 4.78 is 0. The molecule has 0 aliphatic carbocycles. The van der Waals surface area contributed by atoms with E-state index >= 15 is 0 Å². The van der Waals surface area contributed by atoms with Crippen molar-refractivity contribution in [2.75, 3.05) is 17.2 Å². The van der Waals surface area contributed by atoms with E-state index in [-0.39, 0.29) is 30.3 Å². The van der Waals surface area contributed by atoms with Crippen molar-refractivity contribution in [3.05, 3.63) is 24.3 Å². The molecule has 0 bridgehead atoms. The molecule has 0 heterocycles. The van der Waals surface area contributed by atoms with Crippen LogP contribution in [-0.2, 0) is 9.59 Å². The molecule has 1 aromatic carbocycles. The van der Waals surface area contributed by atoms with Crippen LogP contribution < -0.4 is 16.0 Å². The molecule has 1 aromatic rings. The number of nitrogens with one attached hydrogen (secondary N) is 3. The highest BCUT2D eigenvalue weighted by molar-refractivity contribution is 5.92. The maximum Gasteiger partial charge on any atom is 0.239 e. The van der Waals surface area contributed by atoms with Crippen LogP contribution in [0.3, 0.4) is 0 Å². The molecule has 0 saturated carbocycles. The highest BCUT2D eigenvalue weighted by atomic mass is 16.2. The first-order valence-corrected chi connectivity index (χ1v) is 6.82. The number of hydrogen-bond donors (Lipinski definition) is 3. The molecule has 0 saturated heterocycles. The summed E-state index contributed by atoms with van der Waals surface area (Å²) in [4.78, 5) is 23.0. The summed E-state index contributed by atoms with van der Waals surface area (Å²) in [5, 5.41) is 8.65. The molecule has 0 unspecified atom stereocenters. The fourth-order valence-corrected chi connectivity index (χ4v) is 1.51. The normalized spacial score (nSPS) is 10.5. The van der Waals surface area contributed by atoms with Crippen LogP contribution in [0.25, 0.3) is 0 Å². The van der Waals surface area contributed by atoms with Gasteiger partial charge in [-0.3, -0.25) is 9.59 Å². The molecule has 0 spiro atoms. The summed E-state index contributed by atoms with van der Waals surface area (Å²) in [5.74, 6) is -0.105. The summed E-state index contributed by atoms with van der Waals surface area (Å²) in [5.41, 5.74) is 1.59. The fraction of sp³-hybridized carbons (Fsp3) is 0.467. The third kappa shape index (κ3) is 5.73. The van der Waals surface area contributed by atoms with Gasteiger partial charge in [-0.1, -0.05) is 13.8 Å². The SMILES string of the molecule is CC(C)NC(=O)CNc1ccc(NC(=O)C(C)C)cc1. The molecule has 0 atom stereocenters. The molecule has 3 N–H and O–H groups in total. The Kier molecular flexibility index (Phi) is 6.03. The molecule has 0 aromatic heterocycles. The van der Waals surface area contributed by atoms with Gasteiger partial charge < -0.3 is 16.0 Å². The summed E-state index contributed by atoms with van der Waals surface area (Å²) in [6.07, 6.45) is 0. The van der Waals surface area contributed by atoms with Gasteiger partial charge in [-0.25, -0.2) is 0 Å². The first kappa shape index (κ1) is 16.0. The predicted molar refractivity (Wildman–Crippen MR) is 81.7 cm³/mol. The Labute approximate surface area is 120 Å². The third-order valence-electron chi connectivity index (χ3n) is 2.58. The number of benzene rings is 1. The van der Waals surface area contributed by atoms with Crippen LogP contribution in [0, 0.1) is 5.92 Å². The van der Waals surface area contributed by atoms with E-state index in [4.69, 9.17) is 0 Å².